The molecule has 3 amide bonds. The normalized spacial score (nSPS) is 18.0. The second-order valence-corrected chi connectivity index (χ2v) is 7.99. The molecule has 0 spiro atoms. The number of amides is 3. The maximum absolute atomic E-state index is 13.1. The number of unbranched alkanes of at least 4 members (excludes halogenated alkanes) is 1. The van der Waals surface area contributed by atoms with Crippen molar-refractivity contribution in [3.05, 3.63) is 54.1 Å². The van der Waals surface area contributed by atoms with E-state index in [9.17, 15) is 9.59 Å². The molecule has 0 bridgehead atoms. The summed E-state index contributed by atoms with van der Waals surface area (Å²) in [5.41, 5.74) is 1.68. The van der Waals surface area contributed by atoms with E-state index in [0.717, 1.165) is 24.8 Å². The minimum atomic E-state index is -0.307. The molecule has 7 nitrogen and oxygen atoms in total. The number of carbonyl (C=O) groups is 2. The third-order valence-corrected chi connectivity index (χ3v) is 5.87. The molecule has 0 radical (unpaired) electrons. The molecule has 2 atom stereocenters. The first kappa shape index (κ1) is 23.4. The van der Waals surface area contributed by atoms with E-state index < -0.39 is 0 Å². The molecule has 172 valence electrons. The molecule has 0 aromatic heterocycles. The van der Waals surface area contributed by atoms with Crippen molar-refractivity contribution < 1.29 is 19.1 Å². The lowest BCUT2D eigenvalue weighted by Crippen LogP contribution is -2.49. The molecule has 2 N–H and O–H groups in total. The van der Waals surface area contributed by atoms with Crippen molar-refractivity contribution >= 4 is 17.6 Å². The molecule has 0 aliphatic carbocycles. The highest BCUT2D eigenvalue weighted by atomic mass is 16.5. The zero-order chi connectivity index (χ0) is 22.9. The van der Waals surface area contributed by atoms with Crippen LogP contribution in [0.25, 0.3) is 0 Å². The lowest BCUT2D eigenvalue weighted by atomic mass is 9.88. The van der Waals surface area contributed by atoms with Crippen LogP contribution >= 0.6 is 0 Å². The van der Waals surface area contributed by atoms with Gasteiger partial charge >= 0.3 is 6.03 Å². The SMILES string of the molecule is CCCCNC(=O)N1CC(C(=O)Nc2ccc(OC)cc2OC)CCC1c1ccccc1. The summed E-state index contributed by atoms with van der Waals surface area (Å²) in [5.74, 6) is 0.757. The van der Waals surface area contributed by atoms with Crippen LogP contribution in [0.3, 0.4) is 0 Å². The zero-order valence-corrected chi connectivity index (χ0v) is 19.1. The van der Waals surface area contributed by atoms with E-state index in [0.29, 0.717) is 36.7 Å². The number of piperidine rings is 1. The summed E-state index contributed by atoms with van der Waals surface area (Å²) >= 11 is 0. The number of hydrogen-bond donors (Lipinski definition) is 2. The molecular weight excluding hydrogens is 406 g/mol. The van der Waals surface area contributed by atoms with Crippen LogP contribution in [-0.4, -0.2) is 44.1 Å². The minimum absolute atomic E-state index is 0.0441. The van der Waals surface area contributed by atoms with Crippen molar-refractivity contribution in [1.29, 1.82) is 0 Å². The van der Waals surface area contributed by atoms with E-state index in [1.807, 2.05) is 35.2 Å². The Labute approximate surface area is 190 Å². The molecule has 32 heavy (non-hydrogen) atoms. The third kappa shape index (κ3) is 5.72. The van der Waals surface area contributed by atoms with Crippen LogP contribution in [0.2, 0.25) is 0 Å². The van der Waals surface area contributed by atoms with Crippen LogP contribution in [0, 0.1) is 5.92 Å². The number of ether oxygens (including phenoxy) is 2. The van der Waals surface area contributed by atoms with Crippen molar-refractivity contribution in [2.24, 2.45) is 5.92 Å². The van der Waals surface area contributed by atoms with Gasteiger partial charge in [0.25, 0.3) is 0 Å². The Morgan fingerprint density at radius 3 is 2.53 bits per heavy atom. The van der Waals surface area contributed by atoms with Crippen LogP contribution < -0.4 is 20.1 Å². The van der Waals surface area contributed by atoms with Gasteiger partial charge in [0.2, 0.25) is 5.91 Å². The maximum Gasteiger partial charge on any atom is 0.317 e. The van der Waals surface area contributed by atoms with Gasteiger partial charge < -0.3 is 25.0 Å². The summed E-state index contributed by atoms with van der Waals surface area (Å²) in [7, 11) is 3.14. The Hall–Kier alpha value is -3.22. The summed E-state index contributed by atoms with van der Waals surface area (Å²) in [6.07, 6.45) is 3.36. The predicted octanol–water partition coefficient (Wildman–Crippen LogP) is 4.61. The lowest BCUT2D eigenvalue weighted by molar-refractivity contribution is -0.121. The standard InChI is InChI=1S/C25H33N3O4/c1-4-5-15-26-25(30)28-17-19(11-14-22(28)18-9-7-6-8-10-18)24(29)27-21-13-12-20(31-2)16-23(21)32-3/h6-10,12-13,16,19,22H,4-5,11,14-15,17H2,1-3H3,(H,26,30)(H,27,29). The van der Waals surface area contributed by atoms with Gasteiger partial charge in [0.1, 0.15) is 11.5 Å². The van der Waals surface area contributed by atoms with Crippen LogP contribution in [0.15, 0.2) is 48.5 Å². The fraction of sp³-hybridized carbons (Fsp3) is 0.440. The van der Waals surface area contributed by atoms with Crippen molar-refractivity contribution in [2.75, 3.05) is 32.6 Å². The maximum atomic E-state index is 13.1. The number of nitrogens with one attached hydrogen (secondary N) is 2. The van der Waals surface area contributed by atoms with Crippen LogP contribution in [0.5, 0.6) is 11.5 Å². The average molecular weight is 440 g/mol. The number of nitrogens with zero attached hydrogens (tertiary/aromatic N) is 1. The number of likely N-dealkylation sites (tertiary alicyclic amines) is 1. The van der Waals surface area contributed by atoms with E-state index in [2.05, 4.69) is 17.6 Å². The highest BCUT2D eigenvalue weighted by molar-refractivity contribution is 5.94. The summed E-state index contributed by atoms with van der Waals surface area (Å²) < 4.78 is 10.6. The van der Waals surface area contributed by atoms with Crippen LogP contribution in [0.1, 0.15) is 44.2 Å². The minimum Gasteiger partial charge on any atom is -0.497 e. The molecule has 2 unspecified atom stereocenters. The molecule has 7 heteroatoms. The van der Waals surface area contributed by atoms with Gasteiger partial charge in [0, 0.05) is 19.2 Å². The monoisotopic (exact) mass is 439 g/mol. The number of hydrogen-bond acceptors (Lipinski definition) is 4. The fourth-order valence-corrected chi connectivity index (χ4v) is 4.04. The summed E-state index contributed by atoms with van der Waals surface area (Å²) in [6.45, 7) is 3.09. The predicted molar refractivity (Wildman–Crippen MR) is 125 cm³/mol. The molecule has 3 rings (SSSR count). The number of benzene rings is 2. The Bertz CT molecular complexity index is 903. The van der Waals surface area contributed by atoms with Gasteiger partial charge in [0.05, 0.1) is 31.9 Å². The first-order chi connectivity index (χ1) is 15.6. The largest absolute Gasteiger partial charge is 0.497 e. The van der Waals surface area contributed by atoms with Gasteiger partial charge in [-0.15, -0.1) is 0 Å². The highest BCUT2D eigenvalue weighted by Crippen LogP contribution is 2.35. The van der Waals surface area contributed by atoms with Crippen LogP contribution in [-0.2, 0) is 4.79 Å². The van der Waals surface area contributed by atoms with E-state index >= 15 is 0 Å². The quantitative estimate of drug-likeness (QED) is 0.589. The van der Waals surface area contributed by atoms with Gasteiger partial charge in [-0.25, -0.2) is 4.79 Å². The van der Waals surface area contributed by atoms with Crippen molar-refractivity contribution in [3.8, 4) is 11.5 Å². The fourth-order valence-electron chi connectivity index (χ4n) is 4.04. The molecule has 1 aliphatic heterocycles. The molecule has 0 saturated carbocycles. The Balaban J connectivity index is 1.74. The number of rotatable bonds is 8. The number of methoxy groups -OCH3 is 2. The number of urea groups is 1. The summed E-state index contributed by atoms with van der Waals surface area (Å²) in [6, 6.07) is 15.1. The number of anilines is 1. The Morgan fingerprint density at radius 2 is 1.84 bits per heavy atom. The third-order valence-electron chi connectivity index (χ3n) is 5.87. The average Bonchev–Trinajstić information content (AvgIpc) is 2.84. The molecular formula is C25H33N3O4. The van der Waals surface area contributed by atoms with Crippen LogP contribution in [0.4, 0.5) is 10.5 Å². The Morgan fingerprint density at radius 1 is 1.06 bits per heavy atom. The van der Waals surface area contributed by atoms with Gasteiger partial charge in [-0.3, -0.25) is 4.79 Å². The summed E-state index contributed by atoms with van der Waals surface area (Å²) in [5, 5.41) is 5.99. The van der Waals surface area contributed by atoms with E-state index in [1.165, 1.54) is 0 Å². The first-order valence-electron chi connectivity index (χ1n) is 11.2. The first-order valence-corrected chi connectivity index (χ1v) is 11.2. The molecule has 1 saturated heterocycles. The molecule has 2 aromatic rings. The smallest absolute Gasteiger partial charge is 0.317 e. The van der Waals surface area contributed by atoms with E-state index in [-0.39, 0.29) is 23.9 Å². The van der Waals surface area contributed by atoms with Crippen molar-refractivity contribution in [2.45, 2.75) is 38.6 Å². The second kappa shape index (κ2) is 11.4. The Kier molecular flexibility index (Phi) is 8.36. The van der Waals surface area contributed by atoms with Gasteiger partial charge in [-0.05, 0) is 37.0 Å². The van der Waals surface area contributed by atoms with Gasteiger partial charge in [0.15, 0.2) is 0 Å². The lowest BCUT2D eigenvalue weighted by Gasteiger charge is -2.39. The van der Waals surface area contributed by atoms with E-state index in [1.54, 1.807) is 32.4 Å². The second-order valence-electron chi connectivity index (χ2n) is 7.99. The van der Waals surface area contributed by atoms with Crippen molar-refractivity contribution in [3.63, 3.8) is 0 Å². The molecule has 1 fully saturated rings. The van der Waals surface area contributed by atoms with E-state index in [4.69, 9.17) is 9.47 Å². The molecule has 1 heterocycles. The highest BCUT2D eigenvalue weighted by Gasteiger charge is 2.35. The molecule has 2 aromatic carbocycles. The topological polar surface area (TPSA) is 79.9 Å². The molecule has 1 aliphatic rings. The zero-order valence-electron chi connectivity index (χ0n) is 19.1. The summed E-state index contributed by atoms with van der Waals surface area (Å²) in [4.78, 5) is 27.9. The van der Waals surface area contributed by atoms with Gasteiger partial charge in [-0.1, -0.05) is 43.7 Å². The van der Waals surface area contributed by atoms with Crippen molar-refractivity contribution in [1.82, 2.24) is 10.2 Å². The van der Waals surface area contributed by atoms with Gasteiger partial charge in [-0.2, -0.15) is 0 Å². The number of carbonyl (C=O) groups excluding carboxylic acids is 2.